The molecule has 0 saturated carbocycles. The van der Waals surface area contributed by atoms with Crippen LogP contribution in [0, 0.1) is 5.92 Å². The molecule has 7 heteroatoms. The number of alkyl halides is 1. The normalized spacial score (nSPS) is 27.9. The molecule has 4 atom stereocenters. The van der Waals surface area contributed by atoms with Crippen LogP contribution in [0.3, 0.4) is 0 Å². The Balaban J connectivity index is 1.76. The van der Waals surface area contributed by atoms with E-state index in [0.29, 0.717) is 6.42 Å². The minimum Gasteiger partial charge on any atom is -0.459 e. The summed E-state index contributed by atoms with van der Waals surface area (Å²) in [4.78, 5) is 25.9. The largest absolute Gasteiger partial charge is 0.459 e. The van der Waals surface area contributed by atoms with Gasteiger partial charge in [0.05, 0.1) is 5.92 Å². The number of amides is 1. The van der Waals surface area contributed by atoms with Crippen molar-refractivity contribution < 1.29 is 19.1 Å². The first-order valence-electron chi connectivity index (χ1n) is 9.37. The predicted octanol–water partition coefficient (Wildman–Crippen LogP) is 3.92. The molecule has 5 nitrogen and oxygen atoms in total. The van der Waals surface area contributed by atoms with Gasteiger partial charge in [0.1, 0.15) is 18.8 Å². The second-order valence-corrected chi connectivity index (χ2v) is 14.5. The molecular weight excluding hydrogens is 382 g/mol. The van der Waals surface area contributed by atoms with E-state index >= 15 is 0 Å². The molecule has 0 N–H and O–H groups in total. The van der Waals surface area contributed by atoms with Crippen LogP contribution in [-0.4, -0.2) is 42.4 Å². The van der Waals surface area contributed by atoms with E-state index < -0.39 is 20.2 Å². The minimum absolute atomic E-state index is 0.0302. The summed E-state index contributed by atoms with van der Waals surface area (Å²) in [5.74, 6) is -0.709. The molecule has 3 rings (SSSR count). The monoisotopic (exact) mass is 409 g/mol. The zero-order chi connectivity index (χ0) is 20.0. The van der Waals surface area contributed by atoms with Crippen LogP contribution in [0.4, 0.5) is 0 Å². The highest BCUT2D eigenvalue weighted by molar-refractivity contribution is 6.80. The molecule has 2 fully saturated rings. The fraction of sp³-hybridized carbons (Fsp3) is 0.600. The maximum atomic E-state index is 13.0. The first-order chi connectivity index (χ1) is 12.5. The number of halogens is 1. The number of nitrogens with zero attached hydrogens (tertiary/aromatic N) is 1. The van der Waals surface area contributed by atoms with Crippen LogP contribution in [0.2, 0.25) is 18.1 Å². The van der Waals surface area contributed by atoms with Gasteiger partial charge in [0.2, 0.25) is 5.91 Å². The lowest BCUT2D eigenvalue weighted by Gasteiger charge is -2.57. The van der Waals surface area contributed by atoms with E-state index in [1.807, 2.05) is 34.9 Å². The zero-order valence-electron chi connectivity index (χ0n) is 16.6. The number of β-lactam (4-membered cyclic amide) rings is 1. The first-order valence-corrected chi connectivity index (χ1v) is 12.8. The van der Waals surface area contributed by atoms with Crippen molar-refractivity contribution in [3.8, 4) is 0 Å². The number of hydrogen-bond donors (Lipinski definition) is 0. The van der Waals surface area contributed by atoms with Crippen molar-refractivity contribution in [2.45, 2.75) is 69.6 Å². The number of carbonyl (C=O) groups excluding carboxylic acids is 2. The summed E-state index contributed by atoms with van der Waals surface area (Å²) in [5.41, 5.74) is 0.582. The average molecular weight is 410 g/mol. The minimum atomic E-state index is -2.20. The Morgan fingerprint density at radius 3 is 2.37 bits per heavy atom. The molecule has 2 heterocycles. The SMILES string of the molecule is CC(C)(C)[Si](C)(C)N1C(=O)[C@H](CC2OC2Cl)[C@H]1C(=O)OCc1ccccc1. The fourth-order valence-electron chi connectivity index (χ4n) is 3.38. The lowest BCUT2D eigenvalue weighted by atomic mass is 9.86. The molecule has 0 radical (unpaired) electrons. The third-order valence-corrected chi connectivity index (χ3v) is 11.9. The van der Waals surface area contributed by atoms with Crippen molar-refractivity contribution in [3.05, 3.63) is 35.9 Å². The second-order valence-electron chi connectivity index (χ2n) is 8.92. The number of benzene rings is 1. The Morgan fingerprint density at radius 1 is 1.26 bits per heavy atom. The van der Waals surface area contributed by atoms with Gasteiger partial charge >= 0.3 is 5.97 Å². The van der Waals surface area contributed by atoms with Gasteiger partial charge in [-0.15, -0.1) is 0 Å². The maximum Gasteiger partial charge on any atom is 0.329 e. The smallest absolute Gasteiger partial charge is 0.329 e. The van der Waals surface area contributed by atoms with Crippen LogP contribution < -0.4 is 0 Å². The van der Waals surface area contributed by atoms with Crippen molar-refractivity contribution in [1.82, 2.24) is 4.57 Å². The molecule has 0 aromatic heterocycles. The van der Waals surface area contributed by atoms with Crippen molar-refractivity contribution in [2.24, 2.45) is 5.92 Å². The number of ether oxygens (including phenoxy) is 2. The van der Waals surface area contributed by atoms with Crippen LogP contribution in [-0.2, 0) is 25.7 Å². The van der Waals surface area contributed by atoms with Crippen LogP contribution in [0.5, 0.6) is 0 Å². The van der Waals surface area contributed by atoms with Crippen LogP contribution in [0.25, 0.3) is 0 Å². The summed E-state index contributed by atoms with van der Waals surface area (Å²) in [6.45, 7) is 10.9. The van der Waals surface area contributed by atoms with E-state index in [1.165, 1.54) is 0 Å². The molecule has 2 unspecified atom stereocenters. The first kappa shape index (κ1) is 20.4. The Hall–Kier alpha value is -1.37. The molecular formula is C20H28ClNO4Si. The van der Waals surface area contributed by atoms with Gasteiger partial charge in [0.25, 0.3) is 0 Å². The molecule has 2 saturated heterocycles. The number of carbonyl (C=O) groups is 2. The molecule has 2 aliphatic rings. The fourth-order valence-corrected chi connectivity index (χ4v) is 6.04. The van der Waals surface area contributed by atoms with E-state index in [0.717, 1.165) is 5.56 Å². The standard InChI is InChI=1S/C20H28ClNO4Si/c1-20(2,3)27(4,5)22-16(14(18(22)23)11-15-17(21)26-15)19(24)25-12-13-9-7-6-8-10-13/h6-10,14-17H,11-12H2,1-5H3/t14-,15?,16+,17?/m1/s1. The summed E-state index contributed by atoms with van der Waals surface area (Å²) in [6.07, 6.45) is 0.329. The average Bonchev–Trinajstić information content (AvgIpc) is 3.30. The van der Waals surface area contributed by atoms with Crippen molar-refractivity contribution in [1.29, 1.82) is 0 Å². The molecule has 0 spiro atoms. The third-order valence-electron chi connectivity index (χ3n) is 6.12. The third kappa shape index (κ3) is 3.93. The number of epoxide rings is 1. The van der Waals surface area contributed by atoms with Gasteiger partial charge in [-0.2, -0.15) is 0 Å². The van der Waals surface area contributed by atoms with E-state index in [2.05, 4.69) is 33.9 Å². The number of rotatable bonds is 6. The molecule has 148 valence electrons. The van der Waals surface area contributed by atoms with Crippen molar-refractivity contribution in [2.75, 3.05) is 0 Å². The highest BCUT2D eigenvalue weighted by Gasteiger charge is 2.61. The van der Waals surface area contributed by atoms with E-state index in [1.54, 1.807) is 0 Å². The van der Waals surface area contributed by atoms with Gasteiger partial charge in [0.15, 0.2) is 13.8 Å². The van der Waals surface area contributed by atoms with E-state index in [-0.39, 0.29) is 35.2 Å². The highest BCUT2D eigenvalue weighted by Crippen LogP contribution is 2.47. The summed E-state index contributed by atoms with van der Waals surface area (Å²) in [6, 6.07) is 9.02. The van der Waals surface area contributed by atoms with Gasteiger partial charge in [-0.25, -0.2) is 4.79 Å². The Labute approximate surface area is 167 Å². The summed E-state index contributed by atoms with van der Waals surface area (Å²) in [5, 5.41) is -0.0588. The lowest BCUT2D eigenvalue weighted by Crippen LogP contribution is -2.75. The molecule has 1 amide bonds. The van der Waals surface area contributed by atoms with Crippen LogP contribution in [0.15, 0.2) is 30.3 Å². The van der Waals surface area contributed by atoms with Crippen molar-refractivity contribution >= 4 is 31.7 Å². The summed E-state index contributed by atoms with van der Waals surface area (Å²) >= 11 is 5.94. The topological polar surface area (TPSA) is 59.1 Å². The molecule has 1 aromatic carbocycles. The Morgan fingerprint density at radius 2 is 1.85 bits per heavy atom. The van der Waals surface area contributed by atoms with Gasteiger partial charge in [-0.1, -0.05) is 75.8 Å². The van der Waals surface area contributed by atoms with E-state index in [9.17, 15) is 9.59 Å². The molecule has 1 aromatic rings. The van der Waals surface area contributed by atoms with Gasteiger partial charge in [-0.05, 0) is 17.0 Å². The van der Waals surface area contributed by atoms with Crippen LogP contribution >= 0.6 is 11.6 Å². The number of esters is 1. The predicted molar refractivity (Wildman–Crippen MR) is 107 cm³/mol. The Kier molecular flexibility index (Phi) is 5.45. The van der Waals surface area contributed by atoms with Crippen LogP contribution in [0.1, 0.15) is 32.8 Å². The summed E-state index contributed by atoms with van der Waals surface area (Å²) < 4.78 is 12.7. The molecule has 0 aliphatic carbocycles. The quantitative estimate of drug-likeness (QED) is 0.235. The maximum absolute atomic E-state index is 13.0. The summed E-state index contributed by atoms with van der Waals surface area (Å²) in [7, 11) is -2.20. The van der Waals surface area contributed by atoms with Gasteiger partial charge in [-0.3, -0.25) is 4.79 Å². The number of hydrogen-bond acceptors (Lipinski definition) is 4. The highest BCUT2D eigenvalue weighted by atomic mass is 35.5. The molecule has 27 heavy (non-hydrogen) atoms. The van der Waals surface area contributed by atoms with E-state index in [4.69, 9.17) is 21.1 Å². The Bertz CT molecular complexity index is 718. The van der Waals surface area contributed by atoms with Crippen molar-refractivity contribution in [3.63, 3.8) is 0 Å². The lowest BCUT2D eigenvalue weighted by molar-refractivity contribution is -0.169. The molecule has 2 aliphatic heterocycles. The van der Waals surface area contributed by atoms with Gasteiger partial charge in [0, 0.05) is 0 Å². The molecule has 0 bridgehead atoms. The van der Waals surface area contributed by atoms with Gasteiger partial charge < -0.3 is 14.0 Å². The second kappa shape index (κ2) is 7.22. The zero-order valence-corrected chi connectivity index (χ0v) is 18.3.